The number of hydrogen-bond acceptors (Lipinski definition) is 5. The summed E-state index contributed by atoms with van der Waals surface area (Å²) in [6.07, 6.45) is 3.26. The molecule has 1 fully saturated rings. The molecule has 0 bridgehead atoms. The summed E-state index contributed by atoms with van der Waals surface area (Å²) in [6, 6.07) is 0. The Bertz CT molecular complexity index is 518. The number of nitrogens with zero attached hydrogens (tertiary/aromatic N) is 1. The SMILES string of the molecule is CC(=O)OC(C)(C)C(=O)CC=C1CCN(C(=O)OC(C)(C)C)CC1. The summed E-state index contributed by atoms with van der Waals surface area (Å²) in [4.78, 5) is 36.9. The molecular weight excluding hydrogens is 310 g/mol. The molecule has 0 atom stereocenters. The lowest BCUT2D eigenvalue weighted by Gasteiger charge is -2.31. The van der Waals surface area contributed by atoms with Crippen molar-refractivity contribution < 1.29 is 23.9 Å². The van der Waals surface area contributed by atoms with Crippen molar-refractivity contribution >= 4 is 17.8 Å². The summed E-state index contributed by atoms with van der Waals surface area (Å²) in [7, 11) is 0. The van der Waals surface area contributed by atoms with E-state index in [9.17, 15) is 14.4 Å². The number of carbonyl (C=O) groups is 3. The van der Waals surface area contributed by atoms with E-state index in [0.717, 1.165) is 18.4 Å². The Hall–Kier alpha value is -1.85. The molecule has 6 heteroatoms. The van der Waals surface area contributed by atoms with Crippen LogP contribution in [0.25, 0.3) is 0 Å². The van der Waals surface area contributed by atoms with Crippen LogP contribution in [0, 0.1) is 0 Å². The minimum absolute atomic E-state index is 0.139. The van der Waals surface area contributed by atoms with Gasteiger partial charge in [0.2, 0.25) is 0 Å². The molecule has 0 radical (unpaired) electrons. The van der Waals surface area contributed by atoms with Crippen molar-refractivity contribution in [3.05, 3.63) is 11.6 Å². The molecule has 1 saturated heterocycles. The maximum absolute atomic E-state index is 12.2. The van der Waals surface area contributed by atoms with Crippen LogP contribution >= 0.6 is 0 Å². The van der Waals surface area contributed by atoms with Gasteiger partial charge >= 0.3 is 12.1 Å². The average Bonchev–Trinajstić information content (AvgIpc) is 2.42. The number of ether oxygens (including phenoxy) is 2. The molecule has 0 saturated carbocycles. The molecule has 0 unspecified atom stereocenters. The highest BCUT2D eigenvalue weighted by Crippen LogP contribution is 2.21. The summed E-state index contributed by atoms with van der Waals surface area (Å²) < 4.78 is 10.4. The maximum atomic E-state index is 12.2. The molecule has 0 N–H and O–H groups in total. The van der Waals surface area contributed by atoms with Gasteiger partial charge in [-0.3, -0.25) is 9.59 Å². The molecule has 0 aromatic carbocycles. The fraction of sp³-hybridized carbons (Fsp3) is 0.722. The summed E-state index contributed by atoms with van der Waals surface area (Å²) >= 11 is 0. The zero-order valence-electron chi connectivity index (χ0n) is 15.6. The predicted molar refractivity (Wildman–Crippen MR) is 90.6 cm³/mol. The van der Waals surface area contributed by atoms with Crippen LogP contribution in [0.15, 0.2) is 11.6 Å². The lowest BCUT2D eigenvalue weighted by Crippen LogP contribution is -2.40. The van der Waals surface area contributed by atoms with Crippen LogP contribution in [-0.2, 0) is 19.1 Å². The van der Waals surface area contributed by atoms with Gasteiger partial charge in [-0.25, -0.2) is 4.79 Å². The third-order valence-electron chi connectivity index (χ3n) is 3.70. The number of hydrogen-bond donors (Lipinski definition) is 0. The van der Waals surface area contributed by atoms with Gasteiger partial charge in [-0.05, 0) is 47.5 Å². The van der Waals surface area contributed by atoms with Crippen LogP contribution in [0.5, 0.6) is 0 Å². The monoisotopic (exact) mass is 339 g/mol. The molecular formula is C18H29NO5. The molecule has 6 nitrogen and oxygen atoms in total. The number of ketones is 1. The molecule has 1 aliphatic heterocycles. The number of Topliss-reactive ketones (excluding diaryl/α,β-unsaturated/α-hetero) is 1. The summed E-state index contributed by atoms with van der Waals surface area (Å²) in [5.74, 6) is -0.605. The summed E-state index contributed by atoms with van der Waals surface area (Å²) in [6.45, 7) is 11.2. The Kier molecular flexibility index (Phi) is 6.58. The Balaban J connectivity index is 2.50. The Morgan fingerprint density at radius 1 is 1.04 bits per heavy atom. The van der Waals surface area contributed by atoms with Gasteiger partial charge in [-0.1, -0.05) is 11.6 Å². The summed E-state index contributed by atoms with van der Waals surface area (Å²) in [5.41, 5.74) is -0.469. The molecule has 0 spiro atoms. The normalized spacial score (nSPS) is 15.8. The van der Waals surface area contributed by atoms with Crippen LogP contribution in [0.1, 0.15) is 60.8 Å². The van der Waals surface area contributed by atoms with Gasteiger partial charge in [0.05, 0.1) is 0 Å². The molecule has 0 aliphatic carbocycles. The van der Waals surface area contributed by atoms with E-state index in [4.69, 9.17) is 9.47 Å². The first-order chi connectivity index (χ1) is 10.9. The first-order valence-electron chi connectivity index (χ1n) is 8.29. The largest absolute Gasteiger partial charge is 0.452 e. The number of likely N-dealkylation sites (tertiary alicyclic amines) is 1. The minimum atomic E-state index is -1.11. The quantitative estimate of drug-likeness (QED) is 0.581. The van der Waals surface area contributed by atoms with Crippen LogP contribution in [0.2, 0.25) is 0 Å². The second-order valence-corrected chi connectivity index (χ2v) is 7.56. The van der Waals surface area contributed by atoms with Gasteiger partial charge in [-0.15, -0.1) is 0 Å². The zero-order valence-corrected chi connectivity index (χ0v) is 15.6. The van der Waals surface area contributed by atoms with Gasteiger partial charge in [-0.2, -0.15) is 0 Å². The second-order valence-electron chi connectivity index (χ2n) is 7.56. The van der Waals surface area contributed by atoms with Crippen molar-refractivity contribution in [1.82, 2.24) is 4.90 Å². The van der Waals surface area contributed by atoms with Crippen molar-refractivity contribution in [3.8, 4) is 0 Å². The van der Waals surface area contributed by atoms with Gasteiger partial charge in [0.1, 0.15) is 5.60 Å². The van der Waals surface area contributed by atoms with E-state index in [1.54, 1.807) is 18.7 Å². The minimum Gasteiger partial charge on any atom is -0.452 e. The smallest absolute Gasteiger partial charge is 0.410 e. The first-order valence-corrected chi connectivity index (χ1v) is 8.29. The van der Waals surface area contributed by atoms with Crippen LogP contribution in [-0.4, -0.2) is 47.0 Å². The summed E-state index contributed by atoms with van der Waals surface area (Å²) in [5, 5.41) is 0. The van der Waals surface area contributed by atoms with E-state index >= 15 is 0 Å². The third-order valence-corrected chi connectivity index (χ3v) is 3.70. The van der Waals surface area contributed by atoms with Gasteiger partial charge in [0.25, 0.3) is 0 Å². The van der Waals surface area contributed by atoms with E-state index < -0.39 is 17.2 Å². The average molecular weight is 339 g/mol. The maximum Gasteiger partial charge on any atom is 0.410 e. The molecule has 0 aromatic heterocycles. The van der Waals surface area contributed by atoms with E-state index in [1.807, 2.05) is 26.8 Å². The topological polar surface area (TPSA) is 72.9 Å². The molecule has 1 amide bonds. The van der Waals surface area contributed by atoms with Crippen molar-refractivity contribution in [3.63, 3.8) is 0 Å². The van der Waals surface area contributed by atoms with Crippen LogP contribution in [0.4, 0.5) is 4.79 Å². The van der Waals surface area contributed by atoms with E-state index in [-0.39, 0.29) is 18.3 Å². The number of piperidine rings is 1. The standard InChI is InChI=1S/C18H29NO5/c1-13(20)23-18(5,6)15(21)8-7-14-9-11-19(12-10-14)16(22)24-17(2,3)4/h7H,8-12H2,1-6H3. The molecule has 1 rings (SSSR count). The molecule has 24 heavy (non-hydrogen) atoms. The number of carbonyl (C=O) groups excluding carboxylic acids is 3. The lowest BCUT2D eigenvalue weighted by molar-refractivity contribution is -0.161. The van der Waals surface area contributed by atoms with Crippen molar-refractivity contribution in [2.75, 3.05) is 13.1 Å². The molecule has 1 heterocycles. The number of amides is 1. The highest BCUT2D eigenvalue weighted by molar-refractivity contribution is 5.89. The number of allylic oxidation sites excluding steroid dienone is 1. The van der Waals surface area contributed by atoms with Gasteiger partial charge in [0.15, 0.2) is 11.4 Å². The van der Waals surface area contributed by atoms with Crippen molar-refractivity contribution in [2.45, 2.75) is 72.0 Å². The molecule has 136 valence electrons. The van der Waals surface area contributed by atoms with Gasteiger partial charge < -0.3 is 14.4 Å². The van der Waals surface area contributed by atoms with E-state index in [2.05, 4.69) is 0 Å². The van der Waals surface area contributed by atoms with Crippen molar-refractivity contribution in [2.24, 2.45) is 0 Å². The molecule has 1 aliphatic rings. The zero-order chi connectivity index (χ0) is 18.5. The Labute approximate surface area is 144 Å². The third kappa shape index (κ3) is 6.72. The van der Waals surface area contributed by atoms with Crippen LogP contribution < -0.4 is 0 Å². The van der Waals surface area contributed by atoms with Crippen LogP contribution in [0.3, 0.4) is 0 Å². The van der Waals surface area contributed by atoms with Crippen molar-refractivity contribution in [1.29, 1.82) is 0 Å². The Morgan fingerprint density at radius 3 is 2.04 bits per heavy atom. The Morgan fingerprint density at radius 2 is 1.58 bits per heavy atom. The fourth-order valence-corrected chi connectivity index (χ4v) is 2.41. The van der Waals surface area contributed by atoms with E-state index in [1.165, 1.54) is 6.92 Å². The predicted octanol–water partition coefficient (Wildman–Crippen LogP) is 3.24. The highest BCUT2D eigenvalue weighted by atomic mass is 16.6. The molecule has 0 aromatic rings. The fourth-order valence-electron chi connectivity index (χ4n) is 2.41. The van der Waals surface area contributed by atoms with E-state index in [0.29, 0.717) is 13.1 Å². The lowest BCUT2D eigenvalue weighted by atomic mass is 9.97. The first kappa shape index (κ1) is 20.2. The highest BCUT2D eigenvalue weighted by Gasteiger charge is 2.30. The van der Waals surface area contributed by atoms with Gasteiger partial charge in [0, 0.05) is 26.4 Å². The second kappa shape index (κ2) is 7.81. The number of esters is 1. The number of rotatable bonds is 4.